The van der Waals surface area contributed by atoms with E-state index in [1.807, 2.05) is 0 Å². The van der Waals surface area contributed by atoms with Crippen LogP contribution in [0.1, 0.15) is 17.5 Å². The van der Waals surface area contributed by atoms with Gasteiger partial charge in [-0.1, -0.05) is 12.1 Å². The number of benzene rings is 2. The van der Waals surface area contributed by atoms with E-state index in [1.165, 1.54) is 16.8 Å². The minimum Gasteiger partial charge on any atom is -0.399 e. The lowest BCUT2D eigenvalue weighted by molar-refractivity contribution is -0.137. The van der Waals surface area contributed by atoms with Gasteiger partial charge in [0.25, 0.3) is 0 Å². The van der Waals surface area contributed by atoms with E-state index in [2.05, 4.69) is 20.5 Å². The Labute approximate surface area is 229 Å². The highest BCUT2D eigenvalue weighted by Gasteiger charge is 2.31. The molecule has 3 N–H and O–H groups in total. The van der Waals surface area contributed by atoms with Crippen LogP contribution in [0, 0.1) is 6.92 Å². The monoisotopic (exact) mass is 567 g/mol. The Morgan fingerprint density at radius 3 is 2.58 bits per heavy atom. The second-order valence-electron chi connectivity index (χ2n) is 9.12. The number of halogens is 3. The van der Waals surface area contributed by atoms with Gasteiger partial charge in [-0.15, -0.1) is 5.10 Å². The van der Waals surface area contributed by atoms with Gasteiger partial charge in [-0.3, -0.25) is 14.3 Å². The predicted molar refractivity (Wildman–Crippen MR) is 147 cm³/mol. The lowest BCUT2D eigenvalue weighted by Gasteiger charge is -2.16. The van der Waals surface area contributed by atoms with E-state index in [0.717, 1.165) is 17.8 Å². The molecule has 0 aliphatic rings. The molecule has 0 radical (unpaired) electrons. The van der Waals surface area contributed by atoms with E-state index < -0.39 is 28.4 Å². The molecule has 3 aromatic heterocycles. The molecule has 5 aromatic rings. The van der Waals surface area contributed by atoms with Gasteiger partial charge >= 0.3 is 6.18 Å². The minimum atomic E-state index is -4.54. The third-order valence-corrected chi connectivity index (χ3v) is 7.07. The van der Waals surface area contributed by atoms with Crippen LogP contribution in [0.4, 0.5) is 24.8 Å². The summed E-state index contributed by atoms with van der Waals surface area (Å²) in [5.74, 6) is -0.277. The highest BCUT2D eigenvalue weighted by Crippen LogP contribution is 2.38. The maximum atomic E-state index is 13.6. The third-order valence-electron chi connectivity index (χ3n) is 6.29. The van der Waals surface area contributed by atoms with E-state index in [9.17, 15) is 22.2 Å². The highest BCUT2D eigenvalue weighted by atomic mass is 32.2. The van der Waals surface area contributed by atoms with Crippen molar-refractivity contribution in [2.45, 2.75) is 19.5 Å². The highest BCUT2D eigenvalue weighted by molar-refractivity contribution is 7.84. The molecule has 13 heteroatoms. The number of pyridine rings is 1. The number of hydrogen-bond acceptors (Lipinski definition) is 6. The van der Waals surface area contributed by atoms with Gasteiger partial charge in [-0.05, 0) is 60.5 Å². The number of aromatic nitrogens is 5. The van der Waals surface area contributed by atoms with Crippen LogP contribution < -0.4 is 11.1 Å². The standard InChI is InChI=1S/C27H24F3N7O2S/c1-16-21(22-10-12-32-37(22)20-8-6-19(31)7-9-20)15-36-25(34-26(35-36)33-23(38)11-13-40(2)39)24(16)17-4-3-5-18(14-17)27(28,29)30/h3-10,12,14-15H,11,13,31H2,1-2H3,(H,33,35,38). The molecule has 1 unspecified atom stereocenters. The number of anilines is 2. The third kappa shape index (κ3) is 5.45. The van der Waals surface area contributed by atoms with Crippen molar-refractivity contribution in [2.75, 3.05) is 23.1 Å². The van der Waals surface area contributed by atoms with Crippen molar-refractivity contribution < 1.29 is 22.2 Å². The first kappa shape index (κ1) is 27.1. The lowest BCUT2D eigenvalue weighted by atomic mass is 9.95. The number of nitrogens with two attached hydrogens (primary N) is 1. The SMILES string of the molecule is Cc1c(-c2ccnn2-c2ccc(N)cc2)cn2nc(NC(=O)CCS(C)=O)nc2c1-c1cccc(C(F)(F)F)c1. The summed E-state index contributed by atoms with van der Waals surface area (Å²) in [6.07, 6.45) is 0.263. The molecule has 0 fully saturated rings. The molecular formula is C27H24F3N7O2S. The minimum absolute atomic E-state index is 0.00417. The summed E-state index contributed by atoms with van der Waals surface area (Å²) in [5.41, 5.74) is 9.23. The van der Waals surface area contributed by atoms with E-state index >= 15 is 0 Å². The Morgan fingerprint density at radius 2 is 1.88 bits per heavy atom. The Kier molecular flexibility index (Phi) is 7.15. The summed E-state index contributed by atoms with van der Waals surface area (Å²) in [5, 5.41) is 11.4. The van der Waals surface area contributed by atoms with Crippen LogP contribution in [0.15, 0.2) is 67.0 Å². The van der Waals surface area contributed by atoms with E-state index in [1.54, 1.807) is 60.4 Å². The van der Waals surface area contributed by atoms with Gasteiger partial charge in [-0.2, -0.15) is 23.3 Å². The zero-order chi connectivity index (χ0) is 28.6. The Balaban J connectivity index is 1.70. The average molecular weight is 568 g/mol. The van der Waals surface area contributed by atoms with Crippen LogP contribution in [0.5, 0.6) is 0 Å². The van der Waals surface area contributed by atoms with Gasteiger partial charge in [0.05, 0.1) is 23.1 Å². The molecule has 0 bridgehead atoms. The smallest absolute Gasteiger partial charge is 0.399 e. The fourth-order valence-corrected chi connectivity index (χ4v) is 4.84. The van der Waals surface area contributed by atoms with Crippen molar-refractivity contribution in [3.05, 3.63) is 78.1 Å². The van der Waals surface area contributed by atoms with E-state index in [0.29, 0.717) is 28.1 Å². The number of alkyl halides is 3. The Hall–Kier alpha value is -4.52. The maximum Gasteiger partial charge on any atom is 0.416 e. The number of nitrogen functional groups attached to an aromatic ring is 1. The second kappa shape index (κ2) is 10.6. The molecule has 0 spiro atoms. The van der Waals surface area contributed by atoms with E-state index in [4.69, 9.17) is 5.73 Å². The Morgan fingerprint density at radius 1 is 1.12 bits per heavy atom. The molecule has 206 valence electrons. The molecule has 40 heavy (non-hydrogen) atoms. The van der Waals surface area contributed by atoms with Crippen LogP contribution >= 0.6 is 0 Å². The molecule has 5 rings (SSSR count). The van der Waals surface area contributed by atoms with Crippen molar-refractivity contribution in [1.82, 2.24) is 24.4 Å². The van der Waals surface area contributed by atoms with Crippen LogP contribution in [0.2, 0.25) is 0 Å². The van der Waals surface area contributed by atoms with Gasteiger partial charge in [-0.25, -0.2) is 9.20 Å². The second-order valence-corrected chi connectivity index (χ2v) is 10.7. The van der Waals surface area contributed by atoms with Crippen LogP contribution in [-0.2, 0) is 21.8 Å². The molecule has 9 nitrogen and oxygen atoms in total. The molecule has 3 heterocycles. The molecule has 1 amide bonds. The van der Waals surface area contributed by atoms with Gasteiger partial charge in [0, 0.05) is 52.2 Å². The first-order chi connectivity index (χ1) is 19.0. The molecule has 0 aliphatic heterocycles. The maximum absolute atomic E-state index is 13.6. The van der Waals surface area contributed by atoms with Crippen molar-refractivity contribution in [3.63, 3.8) is 0 Å². The van der Waals surface area contributed by atoms with Crippen LogP contribution in [-0.4, -0.2) is 46.5 Å². The zero-order valence-corrected chi connectivity index (χ0v) is 22.3. The zero-order valence-electron chi connectivity index (χ0n) is 21.4. The first-order valence-electron chi connectivity index (χ1n) is 12.1. The number of carbonyl (C=O) groups is 1. The van der Waals surface area contributed by atoms with Crippen molar-refractivity contribution in [3.8, 4) is 28.1 Å². The predicted octanol–water partition coefficient (Wildman–Crippen LogP) is 4.87. The normalized spacial score (nSPS) is 12.5. The molecule has 0 aliphatic carbocycles. The summed E-state index contributed by atoms with van der Waals surface area (Å²) in [7, 11) is -1.15. The molecule has 0 saturated carbocycles. The lowest BCUT2D eigenvalue weighted by Crippen LogP contribution is -2.15. The number of nitrogens with one attached hydrogen (secondary N) is 1. The van der Waals surface area contributed by atoms with Gasteiger partial charge in [0.1, 0.15) is 0 Å². The number of carbonyl (C=O) groups excluding carboxylic acids is 1. The molecular weight excluding hydrogens is 543 g/mol. The van der Waals surface area contributed by atoms with Crippen LogP contribution in [0.25, 0.3) is 33.7 Å². The quantitative estimate of drug-likeness (QED) is 0.271. The van der Waals surface area contributed by atoms with Gasteiger partial charge in [0.15, 0.2) is 5.65 Å². The molecule has 2 aromatic carbocycles. The van der Waals surface area contributed by atoms with E-state index in [-0.39, 0.29) is 29.3 Å². The number of amides is 1. The number of fused-ring (bicyclic) bond motifs is 1. The number of hydrogen-bond donors (Lipinski definition) is 2. The number of rotatable bonds is 7. The summed E-state index contributed by atoms with van der Waals surface area (Å²) in [4.78, 5) is 16.8. The summed E-state index contributed by atoms with van der Waals surface area (Å²) < 4.78 is 55.4. The van der Waals surface area contributed by atoms with Gasteiger partial charge in [0.2, 0.25) is 11.9 Å². The summed E-state index contributed by atoms with van der Waals surface area (Å²) >= 11 is 0. The fourth-order valence-electron chi connectivity index (χ4n) is 4.37. The average Bonchev–Trinajstić information content (AvgIpc) is 3.54. The molecule has 0 saturated heterocycles. The Bertz CT molecular complexity index is 1740. The number of nitrogens with zero attached hydrogens (tertiary/aromatic N) is 5. The fraction of sp³-hybridized carbons (Fsp3) is 0.185. The van der Waals surface area contributed by atoms with Crippen molar-refractivity contribution in [1.29, 1.82) is 0 Å². The summed E-state index contributed by atoms with van der Waals surface area (Å²) in [6.45, 7) is 1.79. The first-order valence-corrected chi connectivity index (χ1v) is 13.8. The van der Waals surface area contributed by atoms with Gasteiger partial charge < -0.3 is 5.73 Å². The molecule has 1 atom stereocenters. The van der Waals surface area contributed by atoms with Crippen LogP contribution in [0.3, 0.4) is 0 Å². The summed E-state index contributed by atoms with van der Waals surface area (Å²) in [6, 6.07) is 13.9. The van der Waals surface area contributed by atoms with Crippen molar-refractivity contribution in [2.24, 2.45) is 0 Å². The van der Waals surface area contributed by atoms with Crippen molar-refractivity contribution >= 4 is 34.0 Å². The largest absolute Gasteiger partial charge is 0.416 e. The topological polar surface area (TPSA) is 120 Å².